The van der Waals surface area contributed by atoms with Gasteiger partial charge in [0.25, 0.3) is 0 Å². The monoisotopic (exact) mass is 334 g/mol. The molecule has 0 amide bonds. The van der Waals surface area contributed by atoms with E-state index in [1.807, 2.05) is 17.9 Å². The first-order valence-corrected chi connectivity index (χ1v) is 8.65. The van der Waals surface area contributed by atoms with Crippen molar-refractivity contribution in [2.45, 2.75) is 38.9 Å². The van der Waals surface area contributed by atoms with E-state index in [1.165, 1.54) is 5.56 Å². The van der Waals surface area contributed by atoms with Crippen molar-refractivity contribution in [3.05, 3.63) is 48.7 Å². The van der Waals surface area contributed by atoms with Crippen LogP contribution in [0, 0.1) is 0 Å². The highest BCUT2D eigenvalue weighted by Crippen LogP contribution is 2.36. The number of rotatable bonds is 2. The Bertz CT molecular complexity index is 930. The summed E-state index contributed by atoms with van der Waals surface area (Å²) in [6.45, 7) is 8.31. The summed E-state index contributed by atoms with van der Waals surface area (Å²) in [6.07, 6.45) is 1.90. The average molecular weight is 334 g/mol. The van der Waals surface area contributed by atoms with Crippen LogP contribution in [-0.4, -0.2) is 28.1 Å². The second kappa shape index (κ2) is 5.45. The minimum atomic E-state index is -0.341. The van der Waals surface area contributed by atoms with Gasteiger partial charge in [0.2, 0.25) is 0 Å². The van der Waals surface area contributed by atoms with E-state index in [0.29, 0.717) is 0 Å². The van der Waals surface area contributed by atoms with E-state index in [-0.39, 0.29) is 18.3 Å². The molecule has 4 nitrogen and oxygen atoms in total. The molecule has 0 radical (unpaired) electrons. The second-order valence-electron chi connectivity index (χ2n) is 7.76. The highest BCUT2D eigenvalue weighted by Gasteiger charge is 2.51. The van der Waals surface area contributed by atoms with Crippen LogP contribution in [0.15, 0.2) is 48.7 Å². The lowest BCUT2D eigenvalue weighted by atomic mass is 9.78. The van der Waals surface area contributed by atoms with Gasteiger partial charge in [-0.15, -0.1) is 0 Å². The largest absolute Gasteiger partial charge is 0.494 e. The SMILES string of the molecule is Cn1ncc2cc(-c3cccc(B4OC(C)(C)C(C)(C)O4)c3)ccc21. The number of hydrogen-bond donors (Lipinski definition) is 0. The number of aryl methyl sites for hydroxylation is 1. The van der Waals surface area contributed by atoms with Gasteiger partial charge in [-0.2, -0.15) is 5.10 Å². The summed E-state index contributed by atoms with van der Waals surface area (Å²) in [6, 6.07) is 14.8. The summed E-state index contributed by atoms with van der Waals surface area (Å²) in [5.74, 6) is 0. The summed E-state index contributed by atoms with van der Waals surface area (Å²) in [7, 11) is 1.62. The van der Waals surface area contributed by atoms with Crippen LogP contribution >= 0.6 is 0 Å². The molecular weight excluding hydrogens is 311 g/mol. The number of nitrogens with zero attached hydrogens (tertiary/aromatic N) is 2. The van der Waals surface area contributed by atoms with Crippen LogP contribution in [0.3, 0.4) is 0 Å². The zero-order valence-corrected chi connectivity index (χ0v) is 15.4. The molecular formula is C20H23BN2O2. The van der Waals surface area contributed by atoms with Crippen LogP contribution in [-0.2, 0) is 16.4 Å². The lowest BCUT2D eigenvalue weighted by molar-refractivity contribution is 0.00578. The average Bonchev–Trinajstić information content (AvgIpc) is 3.04. The van der Waals surface area contributed by atoms with E-state index < -0.39 is 0 Å². The van der Waals surface area contributed by atoms with E-state index in [1.54, 1.807) is 0 Å². The van der Waals surface area contributed by atoms with E-state index in [4.69, 9.17) is 9.31 Å². The smallest absolute Gasteiger partial charge is 0.399 e. The van der Waals surface area contributed by atoms with E-state index in [9.17, 15) is 0 Å². The maximum Gasteiger partial charge on any atom is 0.494 e. The van der Waals surface area contributed by atoms with E-state index in [0.717, 1.165) is 21.9 Å². The van der Waals surface area contributed by atoms with Crippen molar-refractivity contribution in [2.75, 3.05) is 0 Å². The third kappa shape index (κ3) is 2.68. The Hall–Kier alpha value is -2.11. The third-order valence-corrected chi connectivity index (χ3v) is 5.49. The molecule has 3 aromatic rings. The molecule has 25 heavy (non-hydrogen) atoms. The highest BCUT2D eigenvalue weighted by molar-refractivity contribution is 6.62. The first kappa shape index (κ1) is 16.4. The van der Waals surface area contributed by atoms with Gasteiger partial charge in [-0.1, -0.05) is 30.3 Å². The third-order valence-electron chi connectivity index (χ3n) is 5.49. The minimum absolute atomic E-state index is 0.331. The molecule has 128 valence electrons. The van der Waals surface area contributed by atoms with Crippen molar-refractivity contribution in [1.82, 2.24) is 9.78 Å². The van der Waals surface area contributed by atoms with Crippen molar-refractivity contribution >= 4 is 23.5 Å². The van der Waals surface area contributed by atoms with Crippen molar-refractivity contribution in [3.8, 4) is 11.1 Å². The zero-order valence-electron chi connectivity index (χ0n) is 15.4. The molecule has 0 bridgehead atoms. The molecule has 2 aromatic carbocycles. The number of fused-ring (bicyclic) bond motifs is 1. The zero-order chi connectivity index (χ0) is 17.8. The van der Waals surface area contributed by atoms with Gasteiger partial charge in [0.1, 0.15) is 0 Å². The second-order valence-corrected chi connectivity index (χ2v) is 7.76. The Balaban J connectivity index is 1.69. The van der Waals surface area contributed by atoms with Gasteiger partial charge in [-0.25, -0.2) is 0 Å². The Kier molecular flexibility index (Phi) is 3.57. The number of aromatic nitrogens is 2. The maximum absolute atomic E-state index is 6.18. The van der Waals surface area contributed by atoms with Crippen molar-refractivity contribution in [2.24, 2.45) is 7.05 Å². The van der Waals surface area contributed by atoms with Crippen LogP contribution in [0.2, 0.25) is 0 Å². The molecule has 0 spiro atoms. The normalized spacial score (nSPS) is 18.8. The minimum Gasteiger partial charge on any atom is -0.399 e. The molecule has 5 heteroatoms. The molecule has 4 rings (SSSR count). The molecule has 0 saturated carbocycles. The molecule has 0 aliphatic carbocycles. The van der Waals surface area contributed by atoms with E-state index in [2.05, 4.69) is 75.3 Å². The summed E-state index contributed by atoms with van der Waals surface area (Å²) in [4.78, 5) is 0. The van der Waals surface area contributed by atoms with Gasteiger partial charge in [0.15, 0.2) is 0 Å². The van der Waals surface area contributed by atoms with Crippen LogP contribution in [0.1, 0.15) is 27.7 Å². The predicted octanol–water partition coefficient (Wildman–Crippen LogP) is 3.54. The van der Waals surface area contributed by atoms with Gasteiger partial charge in [0, 0.05) is 12.4 Å². The van der Waals surface area contributed by atoms with Gasteiger partial charge in [-0.3, -0.25) is 4.68 Å². The fourth-order valence-electron chi connectivity index (χ4n) is 3.19. The van der Waals surface area contributed by atoms with Gasteiger partial charge < -0.3 is 9.31 Å². The highest BCUT2D eigenvalue weighted by atomic mass is 16.7. The Morgan fingerprint density at radius 1 is 0.920 bits per heavy atom. The number of hydrogen-bond acceptors (Lipinski definition) is 3. The van der Waals surface area contributed by atoms with Crippen molar-refractivity contribution in [3.63, 3.8) is 0 Å². The van der Waals surface area contributed by atoms with Gasteiger partial charge in [0.05, 0.1) is 22.9 Å². The van der Waals surface area contributed by atoms with Crippen molar-refractivity contribution in [1.29, 1.82) is 0 Å². The molecule has 2 heterocycles. The molecule has 0 unspecified atom stereocenters. The van der Waals surface area contributed by atoms with Crippen LogP contribution in [0.25, 0.3) is 22.0 Å². The lowest BCUT2D eigenvalue weighted by Gasteiger charge is -2.32. The fraction of sp³-hybridized carbons (Fsp3) is 0.350. The van der Waals surface area contributed by atoms with E-state index >= 15 is 0 Å². The molecule has 1 aliphatic heterocycles. The molecule has 0 atom stereocenters. The molecule has 1 saturated heterocycles. The predicted molar refractivity (Wildman–Crippen MR) is 102 cm³/mol. The Labute approximate surface area is 148 Å². The van der Waals surface area contributed by atoms with Gasteiger partial charge >= 0.3 is 7.12 Å². The number of benzene rings is 2. The lowest BCUT2D eigenvalue weighted by Crippen LogP contribution is -2.41. The first-order valence-electron chi connectivity index (χ1n) is 8.65. The summed E-state index contributed by atoms with van der Waals surface area (Å²) in [5.41, 5.74) is 3.83. The molecule has 0 N–H and O–H groups in total. The van der Waals surface area contributed by atoms with Crippen LogP contribution < -0.4 is 5.46 Å². The Morgan fingerprint density at radius 2 is 1.60 bits per heavy atom. The first-order chi connectivity index (χ1) is 11.8. The Morgan fingerprint density at radius 3 is 2.32 bits per heavy atom. The van der Waals surface area contributed by atoms with Crippen molar-refractivity contribution < 1.29 is 9.31 Å². The molecule has 1 aromatic heterocycles. The van der Waals surface area contributed by atoms with Crippen LogP contribution in [0.4, 0.5) is 0 Å². The topological polar surface area (TPSA) is 36.3 Å². The molecule has 1 aliphatic rings. The molecule has 1 fully saturated rings. The summed E-state index contributed by atoms with van der Waals surface area (Å²) in [5, 5.41) is 5.46. The standard InChI is InChI=1S/C20H23BN2O2/c1-19(2)20(3,4)25-21(24-19)17-8-6-7-14(12-17)15-9-10-18-16(11-15)13-22-23(18)5/h6-13H,1-5H3. The van der Waals surface area contributed by atoms with Crippen LogP contribution in [0.5, 0.6) is 0 Å². The van der Waals surface area contributed by atoms with Gasteiger partial charge in [-0.05, 0) is 56.4 Å². The quantitative estimate of drug-likeness (QED) is 0.673. The maximum atomic E-state index is 6.18. The fourth-order valence-corrected chi connectivity index (χ4v) is 3.19. The summed E-state index contributed by atoms with van der Waals surface area (Å²) >= 11 is 0. The summed E-state index contributed by atoms with van der Waals surface area (Å²) < 4.78 is 14.2.